The van der Waals surface area contributed by atoms with Crippen molar-refractivity contribution >= 4 is 44.9 Å². The highest BCUT2D eigenvalue weighted by Crippen LogP contribution is 2.29. The van der Waals surface area contributed by atoms with Gasteiger partial charge in [0.05, 0.1) is 16.9 Å². The van der Waals surface area contributed by atoms with E-state index in [9.17, 15) is 9.59 Å². The minimum atomic E-state index is -0.114. The van der Waals surface area contributed by atoms with Crippen molar-refractivity contribution in [1.29, 1.82) is 0 Å². The summed E-state index contributed by atoms with van der Waals surface area (Å²) in [6, 6.07) is 7.59. The third-order valence-corrected chi connectivity index (χ3v) is 5.85. The lowest BCUT2D eigenvalue weighted by Crippen LogP contribution is -2.18. The smallest absolute Gasteiger partial charge is 0.246 e. The number of rotatable bonds is 4. The van der Waals surface area contributed by atoms with Crippen LogP contribution in [0.25, 0.3) is 10.9 Å². The van der Waals surface area contributed by atoms with Gasteiger partial charge in [-0.2, -0.15) is 0 Å². The Hall–Kier alpha value is -2.67. The summed E-state index contributed by atoms with van der Waals surface area (Å²) in [4.78, 5) is 29.8. The van der Waals surface area contributed by atoms with Crippen LogP contribution in [0.4, 0.5) is 10.8 Å². The van der Waals surface area contributed by atoms with Gasteiger partial charge in [-0.1, -0.05) is 12.5 Å². The molecule has 2 amide bonds. The number of fused-ring (bicyclic) bond motifs is 2. The molecule has 2 aromatic heterocycles. The van der Waals surface area contributed by atoms with E-state index in [0.717, 1.165) is 35.1 Å². The molecule has 0 radical (unpaired) electrons. The summed E-state index contributed by atoms with van der Waals surface area (Å²) in [5, 5.41) is 7.39. The van der Waals surface area contributed by atoms with Crippen molar-refractivity contribution in [2.75, 3.05) is 10.6 Å². The normalized spacial score (nSPS) is 13.8. The van der Waals surface area contributed by atoms with Crippen molar-refractivity contribution in [2.24, 2.45) is 0 Å². The average molecular weight is 382 g/mol. The summed E-state index contributed by atoms with van der Waals surface area (Å²) in [6.45, 7) is 1.69. The van der Waals surface area contributed by atoms with Crippen molar-refractivity contribution in [3.63, 3.8) is 0 Å². The van der Waals surface area contributed by atoms with Crippen molar-refractivity contribution in [3.8, 4) is 0 Å². The average Bonchev–Trinajstić information content (AvgIpc) is 3.13. The van der Waals surface area contributed by atoms with Gasteiger partial charge in [-0.05, 0) is 43.9 Å². The van der Waals surface area contributed by atoms with Gasteiger partial charge < -0.3 is 15.2 Å². The van der Waals surface area contributed by atoms with Crippen LogP contribution in [0, 0.1) is 0 Å². The van der Waals surface area contributed by atoms with Crippen molar-refractivity contribution in [3.05, 3.63) is 41.0 Å². The lowest BCUT2D eigenvalue weighted by atomic mass is 10.2. The topological polar surface area (TPSA) is 76.0 Å². The molecule has 0 unspecified atom stereocenters. The van der Waals surface area contributed by atoms with Crippen LogP contribution in [0.1, 0.15) is 36.8 Å². The predicted octanol–water partition coefficient (Wildman–Crippen LogP) is 3.96. The summed E-state index contributed by atoms with van der Waals surface area (Å²) in [5.74, 6) is -0.210. The van der Waals surface area contributed by atoms with E-state index in [0.29, 0.717) is 5.13 Å². The Morgan fingerprint density at radius 3 is 2.85 bits per heavy atom. The number of nitrogens with one attached hydrogen (secondary N) is 2. The maximum absolute atomic E-state index is 12.5. The zero-order valence-electron chi connectivity index (χ0n) is 15.2. The maximum Gasteiger partial charge on any atom is 0.246 e. The second-order valence-corrected chi connectivity index (χ2v) is 7.94. The van der Waals surface area contributed by atoms with Crippen LogP contribution in [0.2, 0.25) is 0 Å². The maximum atomic E-state index is 12.5. The van der Waals surface area contributed by atoms with E-state index in [1.54, 1.807) is 11.3 Å². The fourth-order valence-electron chi connectivity index (χ4n) is 3.56. The zero-order chi connectivity index (χ0) is 18.8. The highest BCUT2D eigenvalue weighted by atomic mass is 32.1. The number of nitrogens with zero attached hydrogens (tertiary/aromatic N) is 2. The number of benzene rings is 1. The number of carbonyl (C=O) groups excluding carboxylic acids is 2. The van der Waals surface area contributed by atoms with Crippen molar-refractivity contribution in [2.45, 2.75) is 45.6 Å². The van der Waals surface area contributed by atoms with Crippen molar-refractivity contribution < 1.29 is 9.59 Å². The molecule has 0 saturated heterocycles. The molecule has 0 bridgehead atoms. The van der Waals surface area contributed by atoms with Gasteiger partial charge in [0, 0.05) is 23.4 Å². The second-order valence-electron chi connectivity index (χ2n) is 6.86. The molecule has 140 valence electrons. The van der Waals surface area contributed by atoms with Gasteiger partial charge in [0.25, 0.3) is 0 Å². The number of aryl methyl sites for hydroxylation is 2. The zero-order valence-corrected chi connectivity index (χ0v) is 16.1. The first-order valence-corrected chi connectivity index (χ1v) is 10.1. The fourth-order valence-corrected chi connectivity index (χ4v) is 4.62. The van der Waals surface area contributed by atoms with E-state index in [1.807, 2.05) is 35.0 Å². The molecule has 3 aromatic rings. The van der Waals surface area contributed by atoms with E-state index in [2.05, 4.69) is 15.6 Å². The fraction of sp³-hybridized carbons (Fsp3) is 0.350. The lowest BCUT2D eigenvalue weighted by Gasteiger charge is -2.07. The molecule has 1 aliphatic carbocycles. The Labute approximate surface area is 161 Å². The molecule has 0 atom stereocenters. The largest absolute Gasteiger partial charge is 0.338 e. The highest BCUT2D eigenvalue weighted by molar-refractivity contribution is 7.15. The van der Waals surface area contributed by atoms with Gasteiger partial charge in [0.2, 0.25) is 11.8 Å². The van der Waals surface area contributed by atoms with Gasteiger partial charge in [-0.25, -0.2) is 4.98 Å². The lowest BCUT2D eigenvalue weighted by molar-refractivity contribution is -0.116. The Kier molecular flexibility index (Phi) is 4.94. The molecule has 0 fully saturated rings. The number of aromatic nitrogens is 2. The number of anilines is 2. The quantitative estimate of drug-likeness (QED) is 0.671. The molecule has 7 heteroatoms. The molecule has 1 aliphatic rings. The second kappa shape index (κ2) is 7.52. The number of carbonyl (C=O) groups is 2. The molecule has 0 saturated carbocycles. The van der Waals surface area contributed by atoms with E-state index in [4.69, 9.17) is 0 Å². The van der Waals surface area contributed by atoms with Gasteiger partial charge >= 0.3 is 0 Å². The molecule has 1 aromatic carbocycles. The number of amides is 2. The monoisotopic (exact) mass is 382 g/mol. The Morgan fingerprint density at radius 1 is 1.15 bits per heavy atom. The highest BCUT2D eigenvalue weighted by Gasteiger charge is 2.16. The van der Waals surface area contributed by atoms with Crippen LogP contribution in [0.5, 0.6) is 0 Å². The van der Waals surface area contributed by atoms with Crippen LogP contribution in [-0.4, -0.2) is 21.4 Å². The summed E-state index contributed by atoms with van der Waals surface area (Å²) >= 11 is 1.60. The number of hydrogen-bond donors (Lipinski definition) is 2. The van der Waals surface area contributed by atoms with E-state index in [-0.39, 0.29) is 18.4 Å². The molecular weight excluding hydrogens is 360 g/mol. The molecule has 27 heavy (non-hydrogen) atoms. The summed E-state index contributed by atoms with van der Waals surface area (Å²) in [7, 11) is 0. The van der Waals surface area contributed by atoms with E-state index >= 15 is 0 Å². The molecule has 0 spiro atoms. The molecule has 0 aliphatic heterocycles. The minimum absolute atomic E-state index is 0.0960. The first-order valence-electron chi connectivity index (χ1n) is 9.24. The third-order valence-electron chi connectivity index (χ3n) is 4.78. The Balaban J connectivity index is 1.49. The standard InChI is InChI=1S/C20H22N4O2S/c1-13(25)21-15-7-5-8-17-14(15)10-11-24(17)12-19(26)23-20-22-16-6-3-2-4-9-18(16)27-20/h5,7-8,10-11H,2-4,6,9,12H2,1H3,(H,21,25)(H,22,23,26). The summed E-state index contributed by atoms with van der Waals surface area (Å²) in [6.07, 6.45) is 7.58. The van der Waals surface area contributed by atoms with Gasteiger partial charge in [0.1, 0.15) is 6.54 Å². The van der Waals surface area contributed by atoms with Gasteiger partial charge in [-0.3, -0.25) is 9.59 Å². The first-order chi connectivity index (χ1) is 13.1. The van der Waals surface area contributed by atoms with Crippen LogP contribution in [0.15, 0.2) is 30.5 Å². The molecule has 6 nitrogen and oxygen atoms in total. The number of thiazole rings is 1. The Morgan fingerprint density at radius 2 is 2.00 bits per heavy atom. The van der Waals surface area contributed by atoms with Crippen LogP contribution >= 0.6 is 11.3 Å². The molecular formula is C20H22N4O2S. The van der Waals surface area contributed by atoms with Gasteiger partial charge in [-0.15, -0.1) is 11.3 Å². The first kappa shape index (κ1) is 17.7. The molecule has 2 heterocycles. The minimum Gasteiger partial charge on any atom is -0.338 e. The van der Waals surface area contributed by atoms with E-state index < -0.39 is 0 Å². The molecule has 4 rings (SSSR count). The van der Waals surface area contributed by atoms with Crippen LogP contribution < -0.4 is 10.6 Å². The van der Waals surface area contributed by atoms with Crippen LogP contribution in [-0.2, 0) is 29.0 Å². The van der Waals surface area contributed by atoms with Gasteiger partial charge in [0.15, 0.2) is 5.13 Å². The van der Waals surface area contributed by atoms with Crippen molar-refractivity contribution in [1.82, 2.24) is 9.55 Å². The number of hydrogen-bond acceptors (Lipinski definition) is 4. The van der Waals surface area contributed by atoms with Crippen LogP contribution in [0.3, 0.4) is 0 Å². The molecule has 2 N–H and O–H groups in total. The third kappa shape index (κ3) is 3.88. The summed E-state index contributed by atoms with van der Waals surface area (Å²) in [5.41, 5.74) is 2.81. The summed E-state index contributed by atoms with van der Waals surface area (Å²) < 4.78 is 1.88. The SMILES string of the molecule is CC(=O)Nc1cccc2c1ccn2CC(=O)Nc1nc2c(s1)CCCCC2. The Bertz CT molecular complexity index is 981. The van der Waals surface area contributed by atoms with E-state index in [1.165, 1.54) is 31.1 Å². The predicted molar refractivity (Wildman–Crippen MR) is 108 cm³/mol.